The topological polar surface area (TPSA) is 72.9 Å². The molecule has 6 heteroatoms. The van der Waals surface area contributed by atoms with Crippen LogP contribution in [0.15, 0.2) is 48.5 Å². The van der Waals surface area contributed by atoms with E-state index >= 15 is 0 Å². The number of esters is 1. The number of amides is 1. The third-order valence-corrected chi connectivity index (χ3v) is 4.38. The summed E-state index contributed by atoms with van der Waals surface area (Å²) < 4.78 is 10.2. The molecule has 3 rings (SSSR count). The van der Waals surface area contributed by atoms with Crippen molar-refractivity contribution >= 4 is 23.3 Å². The number of nitrogens with zero attached hydrogens (tertiary/aromatic N) is 1. The fourth-order valence-corrected chi connectivity index (χ4v) is 3.00. The molecule has 2 aromatic rings. The SMILES string of the molecule is COCc1cccc(C(=O)OCC(=O)c2ccc(N3CCCC3=O)cc2)c1. The third kappa shape index (κ3) is 4.60. The standard InChI is InChI=1S/C21H21NO5/c1-26-13-15-4-2-5-17(12-15)21(25)27-14-19(23)16-7-9-18(10-8-16)22-11-3-6-20(22)24/h2,4-5,7-10,12H,3,6,11,13-14H2,1H3. The molecule has 1 saturated heterocycles. The van der Waals surface area contributed by atoms with E-state index in [1.54, 1.807) is 54.5 Å². The highest BCUT2D eigenvalue weighted by Crippen LogP contribution is 2.21. The van der Waals surface area contributed by atoms with Crippen molar-refractivity contribution in [2.75, 3.05) is 25.2 Å². The first kappa shape index (κ1) is 18.8. The molecule has 140 valence electrons. The summed E-state index contributed by atoms with van der Waals surface area (Å²) in [5.74, 6) is -0.755. The van der Waals surface area contributed by atoms with Crippen LogP contribution in [-0.2, 0) is 20.9 Å². The molecule has 0 aromatic heterocycles. The van der Waals surface area contributed by atoms with E-state index < -0.39 is 5.97 Å². The molecule has 2 aromatic carbocycles. The first-order chi connectivity index (χ1) is 13.1. The van der Waals surface area contributed by atoms with Crippen molar-refractivity contribution in [1.29, 1.82) is 0 Å². The van der Waals surface area contributed by atoms with E-state index in [4.69, 9.17) is 9.47 Å². The summed E-state index contributed by atoms with van der Waals surface area (Å²) in [5.41, 5.74) is 2.44. The predicted octanol–water partition coefficient (Wildman–Crippen LogP) is 3.00. The van der Waals surface area contributed by atoms with Gasteiger partial charge in [0.1, 0.15) is 0 Å². The lowest BCUT2D eigenvalue weighted by Gasteiger charge is -2.15. The van der Waals surface area contributed by atoms with Crippen LogP contribution in [0.3, 0.4) is 0 Å². The number of ketones is 1. The van der Waals surface area contributed by atoms with E-state index in [1.807, 2.05) is 6.07 Å². The summed E-state index contributed by atoms with van der Waals surface area (Å²) in [5, 5.41) is 0. The normalized spacial score (nSPS) is 13.7. The van der Waals surface area contributed by atoms with Gasteiger partial charge in [-0.3, -0.25) is 9.59 Å². The monoisotopic (exact) mass is 367 g/mol. The van der Waals surface area contributed by atoms with Crippen LogP contribution in [0.1, 0.15) is 39.1 Å². The fourth-order valence-electron chi connectivity index (χ4n) is 3.00. The van der Waals surface area contributed by atoms with E-state index in [0.29, 0.717) is 30.7 Å². The fraction of sp³-hybridized carbons (Fsp3) is 0.286. The summed E-state index contributed by atoms with van der Waals surface area (Å²) in [4.78, 5) is 37.9. The number of carbonyl (C=O) groups excluding carboxylic acids is 3. The molecule has 0 bridgehead atoms. The van der Waals surface area contributed by atoms with Crippen LogP contribution in [0, 0.1) is 0 Å². The van der Waals surface area contributed by atoms with Crippen LogP contribution in [-0.4, -0.2) is 37.9 Å². The Kier molecular flexibility index (Phi) is 5.98. The van der Waals surface area contributed by atoms with Gasteiger partial charge in [0.15, 0.2) is 12.4 Å². The molecular weight excluding hydrogens is 346 g/mol. The van der Waals surface area contributed by atoms with Crippen molar-refractivity contribution in [3.63, 3.8) is 0 Å². The first-order valence-corrected chi connectivity index (χ1v) is 8.77. The number of Topliss-reactive ketones (excluding diaryl/α,β-unsaturated/α-hetero) is 1. The molecule has 0 saturated carbocycles. The average molecular weight is 367 g/mol. The van der Waals surface area contributed by atoms with Crippen molar-refractivity contribution < 1.29 is 23.9 Å². The summed E-state index contributed by atoms with van der Waals surface area (Å²) in [6.07, 6.45) is 1.41. The van der Waals surface area contributed by atoms with Gasteiger partial charge < -0.3 is 14.4 Å². The zero-order chi connectivity index (χ0) is 19.2. The van der Waals surface area contributed by atoms with Crippen LogP contribution >= 0.6 is 0 Å². The zero-order valence-electron chi connectivity index (χ0n) is 15.1. The maximum Gasteiger partial charge on any atom is 0.338 e. The average Bonchev–Trinajstić information content (AvgIpc) is 3.12. The number of carbonyl (C=O) groups is 3. The number of methoxy groups -OCH3 is 1. The molecule has 0 spiro atoms. The van der Waals surface area contributed by atoms with Crippen molar-refractivity contribution in [3.05, 3.63) is 65.2 Å². The van der Waals surface area contributed by atoms with Crippen LogP contribution in [0.25, 0.3) is 0 Å². The van der Waals surface area contributed by atoms with E-state index in [2.05, 4.69) is 0 Å². The lowest BCUT2D eigenvalue weighted by atomic mass is 10.1. The van der Waals surface area contributed by atoms with Gasteiger partial charge in [-0.2, -0.15) is 0 Å². The highest BCUT2D eigenvalue weighted by atomic mass is 16.5. The second kappa shape index (κ2) is 8.60. The Bertz CT molecular complexity index is 844. The maximum atomic E-state index is 12.3. The van der Waals surface area contributed by atoms with E-state index in [0.717, 1.165) is 17.7 Å². The molecule has 0 unspecified atom stereocenters. The molecule has 1 aliphatic heterocycles. The number of anilines is 1. The van der Waals surface area contributed by atoms with Crippen LogP contribution < -0.4 is 4.90 Å². The van der Waals surface area contributed by atoms with Gasteiger partial charge in [-0.1, -0.05) is 12.1 Å². The van der Waals surface area contributed by atoms with Gasteiger partial charge >= 0.3 is 5.97 Å². The summed E-state index contributed by atoms with van der Waals surface area (Å²) >= 11 is 0. The Balaban J connectivity index is 1.58. The van der Waals surface area contributed by atoms with Crippen molar-refractivity contribution in [2.45, 2.75) is 19.4 Å². The number of benzene rings is 2. The van der Waals surface area contributed by atoms with Crippen molar-refractivity contribution in [1.82, 2.24) is 0 Å². The summed E-state index contributed by atoms with van der Waals surface area (Å²) in [7, 11) is 1.58. The van der Waals surface area contributed by atoms with Crippen LogP contribution in [0.4, 0.5) is 5.69 Å². The molecular formula is C21H21NO5. The minimum atomic E-state index is -0.555. The van der Waals surface area contributed by atoms with Gasteiger partial charge in [0.05, 0.1) is 12.2 Å². The minimum absolute atomic E-state index is 0.0960. The van der Waals surface area contributed by atoms with Gasteiger partial charge in [0.2, 0.25) is 5.91 Å². The molecule has 1 heterocycles. The Hall–Kier alpha value is -2.99. The van der Waals surface area contributed by atoms with Gasteiger partial charge in [0, 0.05) is 31.3 Å². The third-order valence-electron chi connectivity index (χ3n) is 4.38. The molecule has 1 fully saturated rings. The Morgan fingerprint density at radius 2 is 1.85 bits per heavy atom. The summed E-state index contributed by atoms with van der Waals surface area (Å²) in [6, 6.07) is 13.7. The molecule has 0 N–H and O–H groups in total. The van der Waals surface area contributed by atoms with Crippen LogP contribution in [0.2, 0.25) is 0 Å². The van der Waals surface area contributed by atoms with E-state index in [-0.39, 0.29) is 18.3 Å². The first-order valence-electron chi connectivity index (χ1n) is 8.77. The number of rotatable bonds is 7. The molecule has 6 nitrogen and oxygen atoms in total. The van der Waals surface area contributed by atoms with Crippen LogP contribution in [0.5, 0.6) is 0 Å². The molecule has 1 aliphatic rings. The van der Waals surface area contributed by atoms with Gasteiger partial charge in [-0.15, -0.1) is 0 Å². The molecule has 0 aliphatic carbocycles. The Morgan fingerprint density at radius 1 is 1.07 bits per heavy atom. The highest BCUT2D eigenvalue weighted by molar-refractivity contribution is 6.00. The van der Waals surface area contributed by atoms with Crippen molar-refractivity contribution in [3.8, 4) is 0 Å². The lowest BCUT2D eigenvalue weighted by molar-refractivity contribution is -0.117. The molecule has 1 amide bonds. The minimum Gasteiger partial charge on any atom is -0.454 e. The molecule has 0 radical (unpaired) electrons. The molecule has 27 heavy (non-hydrogen) atoms. The van der Waals surface area contributed by atoms with Gasteiger partial charge in [-0.25, -0.2) is 4.79 Å². The van der Waals surface area contributed by atoms with E-state index in [1.165, 1.54) is 0 Å². The zero-order valence-corrected chi connectivity index (χ0v) is 15.1. The lowest BCUT2D eigenvalue weighted by Crippen LogP contribution is -2.23. The number of ether oxygens (including phenoxy) is 2. The highest BCUT2D eigenvalue weighted by Gasteiger charge is 2.21. The number of hydrogen-bond acceptors (Lipinski definition) is 5. The summed E-state index contributed by atoms with van der Waals surface area (Å²) in [6.45, 7) is 0.757. The second-order valence-electron chi connectivity index (χ2n) is 6.33. The van der Waals surface area contributed by atoms with Gasteiger partial charge in [-0.05, 0) is 48.4 Å². The molecule has 0 atom stereocenters. The van der Waals surface area contributed by atoms with Gasteiger partial charge in [0.25, 0.3) is 0 Å². The quantitative estimate of drug-likeness (QED) is 0.556. The number of hydrogen-bond donors (Lipinski definition) is 0. The van der Waals surface area contributed by atoms with E-state index in [9.17, 15) is 14.4 Å². The smallest absolute Gasteiger partial charge is 0.338 e. The largest absolute Gasteiger partial charge is 0.454 e. The Labute approximate surface area is 157 Å². The van der Waals surface area contributed by atoms with Crippen molar-refractivity contribution in [2.24, 2.45) is 0 Å². The second-order valence-corrected chi connectivity index (χ2v) is 6.33. The Morgan fingerprint density at radius 3 is 2.52 bits per heavy atom. The predicted molar refractivity (Wildman–Crippen MR) is 99.8 cm³/mol. The maximum absolute atomic E-state index is 12.3.